The van der Waals surface area contributed by atoms with E-state index in [1.165, 1.54) is 11.1 Å². The lowest BCUT2D eigenvalue weighted by Gasteiger charge is -2.34. The van der Waals surface area contributed by atoms with Crippen LogP contribution >= 0.6 is 11.6 Å². The number of pyridine rings is 1. The zero-order valence-corrected chi connectivity index (χ0v) is 23.3. The Bertz CT molecular complexity index is 1200. The molecule has 0 unspecified atom stereocenters. The standard InChI is InChI=1S/C28H35ClN6O5/c1-32-12-14-33(15-13-32)16-17-35(24-10-7-21(29)19-30-24)28(40)23(18-26(37)38)31-27(39)20-5-8-22(9-6-20)34-11-3-2-4-25(34)36/h5-10,19,23H,2-4,11-18H2,1H3,(H,31,39)(H,37,38)/t23-/m0/s1. The Morgan fingerprint density at radius 1 is 1.05 bits per heavy atom. The summed E-state index contributed by atoms with van der Waals surface area (Å²) in [6.45, 7) is 4.98. The summed E-state index contributed by atoms with van der Waals surface area (Å²) in [7, 11) is 2.06. The van der Waals surface area contributed by atoms with E-state index in [-0.39, 0.29) is 18.0 Å². The normalized spacial score (nSPS) is 17.4. The third-order valence-electron chi connectivity index (χ3n) is 7.24. The number of piperidine rings is 1. The first-order valence-electron chi connectivity index (χ1n) is 13.5. The lowest BCUT2D eigenvalue weighted by atomic mass is 10.1. The molecule has 1 aromatic carbocycles. The van der Waals surface area contributed by atoms with Crippen molar-refractivity contribution >= 4 is 46.8 Å². The molecule has 1 aromatic heterocycles. The third-order valence-corrected chi connectivity index (χ3v) is 7.46. The van der Waals surface area contributed by atoms with E-state index in [1.807, 2.05) is 0 Å². The maximum absolute atomic E-state index is 13.8. The van der Waals surface area contributed by atoms with Crippen molar-refractivity contribution in [2.75, 3.05) is 62.7 Å². The van der Waals surface area contributed by atoms with Crippen LogP contribution in [0.1, 0.15) is 36.0 Å². The first-order chi connectivity index (χ1) is 19.2. The number of likely N-dealkylation sites (N-methyl/N-ethyl adjacent to an activating group) is 1. The number of benzene rings is 1. The van der Waals surface area contributed by atoms with E-state index in [1.54, 1.807) is 41.3 Å². The van der Waals surface area contributed by atoms with E-state index >= 15 is 0 Å². The highest BCUT2D eigenvalue weighted by molar-refractivity contribution is 6.30. The molecule has 0 bridgehead atoms. The number of piperazine rings is 1. The van der Waals surface area contributed by atoms with Crippen molar-refractivity contribution in [3.63, 3.8) is 0 Å². The van der Waals surface area contributed by atoms with Gasteiger partial charge >= 0.3 is 5.97 Å². The van der Waals surface area contributed by atoms with Gasteiger partial charge in [0.25, 0.3) is 11.8 Å². The lowest BCUT2D eigenvalue weighted by molar-refractivity contribution is -0.139. The molecule has 2 saturated heterocycles. The highest BCUT2D eigenvalue weighted by Crippen LogP contribution is 2.22. The van der Waals surface area contributed by atoms with Crippen molar-refractivity contribution in [1.29, 1.82) is 0 Å². The molecule has 40 heavy (non-hydrogen) atoms. The van der Waals surface area contributed by atoms with Gasteiger partial charge in [0.05, 0.1) is 11.4 Å². The Morgan fingerprint density at radius 2 is 1.77 bits per heavy atom. The maximum atomic E-state index is 13.8. The van der Waals surface area contributed by atoms with Crippen molar-refractivity contribution in [3.05, 3.63) is 53.2 Å². The quantitative estimate of drug-likeness (QED) is 0.445. The van der Waals surface area contributed by atoms with Crippen LogP contribution in [0.4, 0.5) is 11.5 Å². The molecule has 2 aliphatic heterocycles. The van der Waals surface area contributed by atoms with E-state index in [0.717, 1.165) is 39.0 Å². The van der Waals surface area contributed by atoms with Crippen LogP contribution in [0.15, 0.2) is 42.6 Å². The Labute approximate surface area is 238 Å². The van der Waals surface area contributed by atoms with Gasteiger partial charge in [-0.2, -0.15) is 0 Å². The number of nitrogens with zero attached hydrogens (tertiary/aromatic N) is 5. The Balaban J connectivity index is 1.49. The van der Waals surface area contributed by atoms with Gasteiger partial charge in [-0.25, -0.2) is 4.98 Å². The van der Waals surface area contributed by atoms with E-state index < -0.39 is 30.2 Å². The highest BCUT2D eigenvalue weighted by Gasteiger charge is 2.31. The van der Waals surface area contributed by atoms with Gasteiger partial charge in [0.2, 0.25) is 5.91 Å². The number of aliphatic carboxylic acids is 1. The number of anilines is 2. The first-order valence-corrected chi connectivity index (χ1v) is 13.9. The number of carbonyl (C=O) groups excluding carboxylic acids is 3. The number of hydrogen-bond acceptors (Lipinski definition) is 7. The number of rotatable bonds is 10. The molecule has 2 N–H and O–H groups in total. The molecule has 2 fully saturated rings. The number of carboxylic acids is 1. The fourth-order valence-electron chi connectivity index (χ4n) is 4.85. The predicted molar refractivity (Wildman–Crippen MR) is 152 cm³/mol. The van der Waals surface area contributed by atoms with E-state index in [4.69, 9.17) is 11.6 Å². The van der Waals surface area contributed by atoms with Crippen LogP contribution in [0.5, 0.6) is 0 Å². The van der Waals surface area contributed by atoms with Crippen LogP contribution < -0.4 is 15.1 Å². The van der Waals surface area contributed by atoms with Crippen LogP contribution in [-0.2, 0) is 14.4 Å². The number of aromatic nitrogens is 1. The van der Waals surface area contributed by atoms with Gasteiger partial charge in [-0.05, 0) is 56.3 Å². The van der Waals surface area contributed by atoms with Gasteiger partial charge in [-0.1, -0.05) is 11.6 Å². The van der Waals surface area contributed by atoms with Crippen molar-refractivity contribution in [1.82, 2.24) is 20.1 Å². The minimum atomic E-state index is -1.32. The average molecular weight is 571 g/mol. The fourth-order valence-corrected chi connectivity index (χ4v) is 4.97. The van der Waals surface area contributed by atoms with Crippen molar-refractivity contribution < 1.29 is 24.3 Å². The molecule has 4 rings (SSSR count). The fraction of sp³-hybridized carbons (Fsp3) is 0.464. The van der Waals surface area contributed by atoms with Crippen LogP contribution in [-0.4, -0.2) is 102 Å². The summed E-state index contributed by atoms with van der Waals surface area (Å²) in [6, 6.07) is 8.40. The van der Waals surface area contributed by atoms with Crippen LogP contribution in [0.25, 0.3) is 0 Å². The van der Waals surface area contributed by atoms with Crippen LogP contribution in [0.2, 0.25) is 5.02 Å². The molecule has 214 valence electrons. The topological polar surface area (TPSA) is 126 Å². The average Bonchev–Trinajstić information content (AvgIpc) is 2.94. The van der Waals surface area contributed by atoms with Crippen LogP contribution in [0.3, 0.4) is 0 Å². The molecule has 0 radical (unpaired) electrons. The zero-order valence-electron chi connectivity index (χ0n) is 22.6. The van der Waals surface area contributed by atoms with Crippen molar-refractivity contribution in [2.45, 2.75) is 31.7 Å². The summed E-state index contributed by atoms with van der Waals surface area (Å²) in [5.41, 5.74) is 0.952. The molecule has 3 heterocycles. The summed E-state index contributed by atoms with van der Waals surface area (Å²) >= 11 is 6.01. The van der Waals surface area contributed by atoms with Gasteiger partial charge in [0, 0.05) is 69.7 Å². The largest absolute Gasteiger partial charge is 0.481 e. The molecule has 0 saturated carbocycles. The second kappa shape index (κ2) is 13.7. The number of carboxylic acid groups (broad SMARTS) is 1. The van der Waals surface area contributed by atoms with Gasteiger partial charge in [0.15, 0.2) is 0 Å². The molecule has 0 spiro atoms. The highest BCUT2D eigenvalue weighted by atomic mass is 35.5. The molecule has 0 aliphatic carbocycles. The summed E-state index contributed by atoms with van der Waals surface area (Å²) in [6.07, 6.45) is 3.11. The molecule has 2 aromatic rings. The number of amides is 3. The maximum Gasteiger partial charge on any atom is 0.305 e. The summed E-state index contributed by atoms with van der Waals surface area (Å²) in [5.74, 6) is -2.01. The first kappa shape index (κ1) is 29.4. The lowest BCUT2D eigenvalue weighted by Crippen LogP contribution is -2.53. The third kappa shape index (κ3) is 7.77. The molecular weight excluding hydrogens is 536 g/mol. The van der Waals surface area contributed by atoms with E-state index in [9.17, 15) is 24.3 Å². The monoisotopic (exact) mass is 570 g/mol. The second-order valence-corrected chi connectivity index (χ2v) is 10.6. The Kier molecular flexibility index (Phi) is 10.1. The second-order valence-electron chi connectivity index (χ2n) is 10.1. The van der Waals surface area contributed by atoms with Gasteiger partial charge in [0.1, 0.15) is 11.9 Å². The summed E-state index contributed by atoms with van der Waals surface area (Å²) in [5, 5.41) is 12.6. The number of nitrogens with one attached hydrogen (secondary N) is 1. The summed E-state index contributed by atoms with van der Waals surface area (Å²) < 4.78 is 0. The molecule has 2 aliphatic rings. The Hall–Kier alpha value is -3.54. The zero-order chi connectivity index (χ0) is 28.6. The molecular formula is C28H35ClN6O5. The SMILES string of the molecule is CN1CCN(CCN(C(=O)[C@H](CC(=O)O)NC(=O)c2ccc(N3CCCCC3=O)cc2)c2ccc(Cl)cn2)CC1. The van der Waals surface area contributed by atoms with E-state index in [2.05, 4.69) is 27.1 Å². The number of carbonyl (C=O) groups is 4. The summed E-state index contributed by atoms with van der Waals surface area (Å²) in [4.78, 5) is 62.7. The van der Waals surface area contributed by atoms with Crippen molar-refractivity contribution in [2.24, 2.45) is 0 Å². The van der Waals surface area contributed by atoms with E-state index in [0.29, 0.717) is 36.0 Å². The van der Waals surface area contributed by atoms with Crippen LogP contribution in [0, 0.1) is 0 Å². The molecule has 1 atom stereocenters. The van der Waals surface area contributed by atoms with Gasteiger partial charge in [-0.3, -0.25) is 29.0 Å². The number of hydrogen-bond donors (Lipinski definition) is 2. The number of halogens is 1. The van der Waals surface area contributed by atoms with Gasteiger partial charge < -0.3 is 20.2 Å². The predicted octanol–water partition coefficient (Wildman–Crippen LogP) is 2.11. The Morgan fingerprint density at radius 3 is 2.40 bits per heavy atom. The van der Waals surface area contributed by atoms with Crippen molar-refractivity contribution in [3.8, 4) is 0 Å². The van der Waals surface area contributed by atoms with Gasteiger partial charge in [-0.15, -0.1) is 0 Å². The smallest absolute Gasteiger partial charge is 0.305 e. The minimum Gasteiger partial charge on any atom is -0.481 e. The minimum absolute atomic E-state index is 0.0445. The molecule has 12 heteroatoms. The molecule has 11 nitrogen and oxygen atoms in total. The molecule has 3 amide bonds.